The number of halogens is 1. The van der Waals surface area contributed by atoms with Crippen LogP contribution in [0.1, 0.15) is 0 Å². The molecule has 5 heteroatoms. The van der Waals surface area contributed by atoms with Crippen LogP contribution in [0.15, 0.2) is 30.3 Å². The Morgan fingerprint density at radius 1 is 1.28 bits per heavy atom. The maximum absolute atomic E-state index is 12.8. The summed E-state index contributed by atoms with van der Waals surface area (Å²) < 4.78 is 14.6. The molecule has 4 nitrogen and oxygen atoms in total. The number of nitrogen functional groups attached to an aromatic ring is 1. The van der Waals surface area contributed by atoms with Crippen molar-refractivity contribution in [3.8, 4) is 11.3 Å². The fourth-order valence-electron chi connectivity index (χ4n) is 1.67. The summed E-state index contributed by atoms with van der Waals surface area (Å²) in [5, 5.41) is 4.42. The molecule has 0 aliphatic rings. The van der Waals surface area contributed by atoms with Crippen LogP contribution in [0, 0.1) is 5.82 Å². The highest BCUT2D eigenvalue weighted by atomic mass is 19.1. The van der Waals surface area contributed by atoms with Crippen molar-refractivity contribution in [3.63, 3.8) is 0 Å². The highest BCUT2D eigenvalue weighted by Gasteiger charge is 2.07. The summed E-state index contributed by atoms with van der Waals surface area (Å²) in [5.74, 6) is 0.370. The van der Waals surface area contributed by atoms with Gasteiger partial charge in [0.05, 0.1) is 12.2 Å². The quantitative estimate of drug-likeness (QED) is 0.898. The Balaban J connectivity index is 2.20. The minimum absolute atomic E-state index is 0.251. The number of hydrogen-bond donors (Lipinski definition) is 1. The molecule has 0 radical (unpaired) electrons. The standard InChI is InChI=1S/C13H17FN4/c1-17(2)7-8-18-13(15)9-12(16-18)10-3-5-11(14)6-4-10/h3-6,9H,7-8,15H2,1-2H3. The van der Waals surface area contributed by atoms with Gasteiger partial charge in [0, 0.05) is 18.2 Å². The topological polar surface area (TPSA) is 47.1 Å². The molecule has 1 aromatic carbocycles. The number of rotatable bonds is 4. The van der Waals surface area contributed by atoms with E-state index in [1.165, 1.54) is 12.1 Å². The van der Waals surface area contributed by atoms with E-state index in [1.807, 2.05) is 20.2 Å². The summed E-state index contributed by atoms with van der Waals surface area (Å²) >= 11 is 0. The van der Waals surface area contributed by atoms with Gasteiger partial charge in [-0.1, -0.05) is 0 Å². The van der Waals surface area contributed by atoms with Crippen LogP contribution in [0.3, 0.4) is 0 Å². The van der Waals surface area contributed by atoms with E-state index in [1.54, 1.807) is 16.8 Å². The lowest BCUT2D eigenvalue weighted by Crippen LogP contribution is -2.19. The molecule has 0 aliphatic heterocycles. The first-order valence-corrected chi connectivity index (χ1v) is 5.80. The van der Waals surface area contributed by atoms with Gasteiger partial charge in [0.25, 0.3) is 0 Å². The van der Waals surface area contributed by atoms with Gasteiger partial charge in [-0.05, 0) is 38.4 Å². The minimum atomic E-state index is -0.251. The van der Waals surface area contributed by atoms with Gasteiger partial charge in [-0.3, -0.25) is 0 Å². The average Bonchev–Trinajstić information content (AvgIpc) is 2.69. The molecule has 2 N–H and O–H groups in total. The molecule has 0 fully saturated rings. The predicted octanol–water partition coefficient (Wildman–Crippen LogP) is 1.83. The van der Waals surface area contributed by atoms with Crippen LogP contribution in [0.5, 0.6) is 0 Å². The number of benzene rings is 1. The lowest BCUT2D eigenvalue weighted by Gasteiger charge is -2.09. The van der Waals surface area contributed by atoms with Gasteiger partial charge in [0.2, 0.25) is 0 Å². The third kappa shape index (κ3) is 2.87. The molecule has 0 spiro atoms. The molecule has 96 valence electrons. The van der Waals surface area contributed by atoms with Gasteiger partial charge < -0.3 is 10.6 Å². The number of nitrogens with zero attached hydrogens (tertiary/aromatic N) is 3. The van der Waals surface area contributed by atoms with Gasteiger partial charge in [-0.25, -0.2) is 9.07 Å². The second-order valence-electron chi connectivity index (χ2n) is 4.49. The van der Waals surface area contributed by atoms with Crippen molar-refractivity contribution in [1.82, 2.24) is 14.7 Å². The summed E-state index contributed by atoms with van der Waals surface area (Å²) in [4.78, 5) is 2.07. The Morgan fingerprint density at radius 2 is 1.94 bits per heavy atom. The van der Waals surface area contributed by atoms with E-state index < -0.39 is 0 Å². The first-order valence-electron chi connectivity index (χ1n) is 5.80. The van der Waals surface area contributed by atoms with Gasteiger partial charge >= 0.3 is 0 Å². The molecule has 2 aromatic rings. The number of anilines is 1. The zero-order valence-corrected chi connectivity index (χ0v) is 10.6. The number of hydrogen-bond acceptors (Lipinski definition) is 3. The highest BCUT2D eigenvalue weighted by Crippen LogP contribution is 2.20. The van der Waals surface area contributed by atoms with Crippen molar-refractivity contribution in [2.75, 3.05) is 26.4 Å². The predicted molar refractivity (Wildman–Crippen MR) is 70.6 cm³/mol. The molecule has 2 rings (SSSR count). The van der Waals surface area contributed by atoms with Crippen LogP contribution in [-0.2, 0) is 6.54 Å². The van der Waals surface area contributed by atoms with E-state index in [2.05, 4.69) is 10.00 Å². The van der Waals surface area contributed by atoms with E-state index in [-0.39, 0.29) is 5.82 Å². The summed E-state index contributed by atoms with van der Waals surface area (Å²) in [6.45, 7) is 1.61. The summed E-state index contributed by atoms with van der Waals surface area (Å²) in [7, 11) is 4.00. The van der Waals surface area contributed by atoms with E-state index in [0.29, 0.717) is 5.82 Å². The maximum Gasteiger partial charge on any atom is 0.123 e. The molecule has 0 amide bonds. The second kappa shape index (κ2) is 5.18. The molecule has 0 saturated carbocycles. The van der Waals surface area contributed by atoms with Crippen molar-refractivity contribution in [1.29, 1.82) is 0 Å². The van der Waals surface area contributed by atoms with Crippen LogP contribution >= 0.6 is 0 Å². The van der Waals surface area contributed by atoms with E-state index in [0.717, 1.165) is 24.3 Å². The van der Waals surface area contributed by atoms with Crippen molar-refractivity contribution >= 4 is 5.82 Å². The van der Waals surface area contributed by atoms with E-state index in [4.69, 9.17) is 5.73 Å². The third-order valence-corrected chi connectivity index (χ3v) is 2.71. The average molecular weight is 248 g/mol. The Labute approximate surface area is 106 Å². The van der Waals surface area contributed by atoms with Gasteiger partial charge in [0.1, 0.15) is 11.6 Å². The van der Waals surface area contributed by atoms with Crippen LogP contribution in [0.25, 0.3) is 11.3 Å². The molecule has 1 heterocycles. The Bertz CT molecular complexity index is 516. The first kappa shape index (κ1) is 12.6. The molecule has 0 unspecified atom stereocenters. The minimum Gasteiger partial charge on any atom is -0.384 e. The summed E-state index contributed by atoms with van der Waals surface area (Å²) in [6.07, 6.45) is 0. The molecular weight excluding hydrogens is 231 g/mol. The Hall–Kier alpha value is -1.88. The van der Waals surface area contributed by atoms with Crippen molar-refractivity contribution in [3.05, 3.63) is 36.1 Å². The monoisotopic (exact) mass is 248 g/mol. The fourth-order valence-corrected chi connectivity index (χ4v) is 1.67. The third-order valence-electron chi connectivity index (χ3n) is 2.71. The highest BCUT2D eigenvalue weighted by molar-refractivity contribution is 5.62. The molecule has 1 aromatic heterocycles. The van der Waals surface area contributed by atoms with Crippen LogP contribution in [0.2, 0.25) is 0 Å². The van der Waals surface area contributed by atoms with E-state index >= 15 is 0 Å². The Morgan fingerprint density at radius 3 is 2.56 bits per heavy atom. The number of nitrogens with two attached hydrogens (primary N) is 1. The largest absolute Gasteiger partial charge is 0.384 e. The molecule has 0 atom stereocenters. The Kier molecular flexibility index (Phi) is 3.62. The zero-order valence-electron chi connectivity index (χ0n) is 10.6. The smallest absolute Gasteiger partial charge is 0.123 e. The molecule has 0 saturated heterocycles. The molecular formula is C13H17FN4. The van der Waals surface area contributed by atoms with Crippen LogP contribution in [0.4, 0.5) is 10.2 Å². The van der Waals surface area contributed by atoms with Crippen LogP contribution < -0.4 is 5.73 Å². The van der Waals surface area contributed by atoms with Crippen molar-refractivity contribution in [2.24, 2.45) is 0 Å². The lowest BCUT2D eigenvalue weighted by atomic mass is 10.1. The molecule has 0 aliphatic carbocycles. The van der Waals surface area contributed by atoms with Crippen LogP contribution in [-0.4, -0.2) is 35.3 Å². The van der Waals surface area contributed by atoms with E-state index in [9.17, 15) is 4.39 Å². The second-order valence-corrected chi connectivity index (χ2v) is 4.49. The van der Waals surface area contributed by atoms with Crippen molar-refractivity contribution < 1.29 is 4.39 Å². The SMILES string of the molecule is CN(C)CCn1nc(-c2ccc(F)cc2)cc1N. The normalized spacial score (nSPS) is 11.1. The van der Waals surface area contributed by atoms with Gasteiger partial charge in [-0.2, -0.15) is 5.10 Å². The molecule has 18 heavy (non-hydrogen) atoms. The molecule has 0 bridgehead atoms. The fraction of sp³-hybridized carbons (Fsp3) is 0.308. The number of likely N-dealkylation sites (N-methyl/N-ethyl adjacent to an activating group) is 1. The first-order chi connectivity index (χ1) is 8.56. The van der Waals surface area contributed by atoms with Crippen molar-refractivity contribution in [2.45, 2.75) is 6.54 Å². The number of aromatic nitrogens is 2. The lowest BCUT2D eigenvalue weighted by molar-refractivity contribution is 0.375. The van der Waals surface area contributed by atoms with Gasteiger partial charge in [0.15, 0.2) is 0 Å². The van der Waals surface area contributed by atoms with Gasteiger partial charge in [-0.15, -0.1) is 0 Å². The maximum atomic E-state index is 12.8. The zero-order chi connectivity index (χ0) is 13.1. The summed E-state index contributed by atoms with van der Waals surface area (Å²) in [6, 6.07) is 8.05. The summed E-state index contributed by atoms with van der Waals surface area (Å²) in [5.41, 5.74) is 7.54.